The summed E-state index contributed by atoms with van der Waals surface area (Å²) in [6.45, 7) is 8.86. The molecular weight excluding hydrogens is 564 g/mol. The molecule has 40 heavy (non-hydrogen) atoms. The summed E-state index contributed by atoms with van der Waals surface area (Å²) < 4.78 is 6.51. The van der Waals surface area contributed by atoms with Crippen molar-refractivity contribution in [2.45, 2.75) is 70.4 Å². The molecule has 0 spiro atoms. The molecule has 0 bridgehead atoms. The van der Waals surface area contributed by atoms with E-state index in [2.05, 4.69) is 45.2 Å². The second-order valence-electron chi connectivity index (χ2n) is 11.4. The number of rotatable bonds is 11. The Balaban J connectivity index is 1.29. The summed E-state index contributed by atoms with van der Waals surface area (Å²) >= 11 is 3.49. The van der Waals surface area contributed by atoms with Crippen LogP contribution in [0.5, 0.6) is 0 Å². The number of hydrogen-bond donors (Lipinski definition) is 1. The second kappa shape index (κ2) is 14.1. The fraction of sp³-hybridized carbons (Fsp3) is 0.412. The molecule has 1 aliphatic rings. The third-order valence-electron chi connectivity index (χ3n) is 7.82. The van der Waals surface area contributed by atoms with Crippen LogP contribution in [-0.2, 0) is 14.9 Å². The number of likely N-dealkylation sites (tertiary alicyclic amines) is 1. The zero-order chi connectivity index (χ0) is 28.5. The Morgan fingerprint density at radius 3 is 2.30 bits per heavy atom. The van der Waals surface area contributed by atoms with Gasteiger partial charge in [0.25, 0.3) is 5.91 Å². The van der Waals surface area contributed by atoms with Gasteiger partial charge < -0.3 is 15.0 Å². The van der Waals surface area contributed by atoms with Gasteiger partial charge in [-0.25, -0.2) is 0 Å². The van der Waals surface area contributed by atoms with Gasteiger partial charge in [-0.3, -0.25) is 9.59 Å². The Morgan fingerprint density at radius 1 is 0.975 bits per heavy atom. The average Bonchev–Trinajstić information content (AvgIpc) is 2.94. The minimum atomic E-state index is -0.262. The van der Waals surface area contributed by atoms with Crippen molar-refractivity contribution < 1.29 is 14.3 Å². The minimum absolute atomic E-state index is 0.0103. The molecule has 0 aromatic heterocycles. The first-order valence-electron chi connectivity index (χ1n) is 14.4. The van der Waals surface area contributed by atoms with E-state index < -0.39 is 0 Å². The molecule has 0 saturated carbocycles. The van der Waals surface area contributed by atoms with Crippen molar-refractivity contribution in [3.05, 3.63) is 94.5 Å². The fourth-order valence-corrected chi connectivity index (χ4v) is 5.88. The van der Waals surface area contributed by atoms with Gasteiger partial charge in [-0.05, 0) is 81.0 Å². The van der Waals surface area contributed by atoms with Crippen LogP contribution in [0.25, 0.3) is 11.1 Å². The fourth-order valence-electron chi connectivity index (χ4n) is 5.62. The summed E-state index contributed by atoms with van der Waals surface area (Å²) in [6.07, 6.45) is 4.05. The molecule has 1 unspecified atom stereocenters. The smallest absolute Gasteiger partial charge is 0.306 e. The van der Waals surface area contributed by atoms with Crippen LogP contribution < -0.4 is 5.32 Å². The lowest BCUT2D eigenvalue weighted by Gasteiger charge is -2.34. The van der Waals surface area contributed by atoms with Crippen LogP contribution in [0.3, 0.4) is 0 Å². The van der Waals surface area contributed by atoms with Gasteiger partial charge in [0.1, 0.15) is 0 Å². The molecule has 1 atom stereocenters. The Kier molecular flexibility index (Phi) is 10.6. The van der Waals surface area contributed by atoms with E-state index in [0.29, 0.717) is 12.0 Å². The number of nitrogens with one attached hydrogen (secondary N) is 1. The Morgan fingerprint density at radius 2 is 1.62 bits per heavy atom. The first kappa shape index (κ1) is 30.0. The molecule has 3 aromatic rings. The van der Waals surface area contributed by atoms with E-state index in [-0.39, 0.29) is 29.4 Å². The van der Waals surface area contributed by atoms with E-state index in [1.165, 1.54) is 5.56 Å². The van der Waals surface area contributed by atoms with Gasteiger partial charge in [0.15, 0.2) is 0 Å². The lowest BCUT2D eigenvalue weighted by Crippen LogP contribution is -2.45. The average molecular weight is 606 g/mol. The highest BCUT2D eigenvalue weighted by atomic mass is 79.9. The summed E-state index contributed by atoms with van der Waals surface area (Å²) in [7, 11) is 0. The topological polar surface area (TPSA) is 58.6 Å². The molecule has 0 radical (unpaired) electrons. The van der Waals surface area contributed by atoms with E-state index >= 15 is 0 Å². The number of amides is 1. The number of esters is 1. The van der Waals surface area contributed by atoms with Gasteiger partial charge in [-0.1, -0.05) is 83.5 Å². The molecule has 212 valence electrons. The van der Waals surface area contributed by atoms with Crippen LogP contribution in [-0.4, -0.2) is 48.6 Å². The number of hydrogen-bond acceptors (Lipinski definition) is 4. The third kappa shape index (κ3) is 8.28. The summed E-state index contributed by atoms with van der Waals surface area (Å²) in [5.41, 5.74) is 3.61. The number of ether oxygens (including phenoxy) is 1. The highest BCUT2D eigenvalue weighted by Gasteiger charge is 2.31. The lowest BCUT2D eigenvalue weighted by atomic mass is 9.76. The molecule has 5 nitrogen and oxygen atoms in total. The maximum atomic E-state index is 13.3. The van der Waals surface area contributed by atoms with E-state index in [4.69, 9.17) is 4.74 Å². The van der Waals surface area contributed by atoms with Crippen LogP contribution in [0, 0.1) is 0 Å². The van der Waals surface area contributed by atoms with Gasteiger partial charge in [0, 0.05) is 34.6 Å². The zero-order valence-electron chi connectivity index (χ0n) is 23.9. The predicted molar refractivity (Wildman–Crippen MR) is 165 cm³/mol. The Bertz CT molecular complexity index is 1250. The molecule has 1 fully saturated rings. The number of halogens is 1. The minimum Gasteiger partial charge on any atom is -0.463 e. The second-order valence-corrected chi connectivity index (χ2v) is 12.3. The van der Waals surface area contributed by atoms with Crippen LogP contribution in [0.4, 0.5) is 0 Å². The van der Waals surface area contributed by atoms with Crippen molar-refractivity contribution in [3.8, 4) is 11.1 Å². The van der Waals surface area contributed by atoms with Crippen molar-refractivity contribution >= 4 is 27.8 Å². The highest BCUT2D eigenvalue weighted by molar-refractivity contribution is 9.10. The molecule has 6 heteroatoms. The van der Waals surface area contributed by atoms with Gasteiger partial charge in [0.2, 0.25) is 0 Å². The molecule has 3 aromatic carbocycles. The van der Waals surface area contributed by atoms with Crippen molar-refractivity contribution in [2.75, 3.05) is 19.6 Å². The monoisotopic (exact) mass is 604 g/mol. The molecule has 1 amide bonds. The van der Waals surface area contributed by atoms with Crippen LogP contribution in [0.1, 0.15) is 68.8 Å². The van der Waals surface area contributed by atoms with Crippen molar-refractivity contribution in [1.29, 1.82) is 0 Å². The van der Waals surface area contributed by atoms with Gasteiger partial charge in [-0.15, -0.1) is 0 Å². The van der Waals surface area contributed by atoms with Gasteiger partial charge in [0.05, 0.1) is 12.5 Å². The first-order valence-corrected chi connectivity index (χ1v) is 15.2. The highest BCUT2D eigenvalue weighted by Crippen LogP contribution is 2.33. The maximum Gasteiger partial charge on any atom is 0.306 e. The zero-order valence-corrected chi connectivity index (χ0v) is 25.5. The maximum absolute atomic E-state index is 13.3. The summed E-state index contributed by atoms with van der Waals surface area (Å²) in [5, 5.41) is 3.29. The lowest BCUT2D eigenvalue weighted by molar-refractivity contribution is -0.148. The third-order valence-corrected chi connectivity index (χ3v) is 8.35. The SMILES string of the molecule is CC(C)OC(=O)CC(C)(CCCN1CCC(NC(=O)c2ccccc2-c2ccc(Br)cc2)CC1)c1ccccc1. The van der Waals surface area contributed by atoms with Gasteiger partial charge in [-0.2, -0.15) is 0 Å². The molecule has 1 aliphatic heterocycles. The van der Waals surface area contributed by atoms with Crippen LogP contribution in [0.2, 0.25) is 0 Å². The Labute approximate surface area is 247 Å². The number of benzene rings is 3. The van der Waals surface area contributed by atoms with Crippen LogP contribution in [0.15, 0.2) is 83.3 Å². The van der Waals surface area contributed by atoms with E-state index in [1.54, 1.807) is 0 Å². The van der Waals surface area contributed by atoms with Gasteiger partial charge >= 0.3 is 5.97 Å². The Hall–Kier alpha value is -2.96. The quantitative estimate of drug-likeness (QED) is 0.232. The molecule has 1 heterocycles. The van der Waals surface area contributed by atoms with Crippen molar-refractivity contribution in [3.63, 3.8) is 0 Å². The molecule has 4 rings (SSSR count). The largest absolute Gasteiger partial charge is 0.463 e. The van der Waals surface area contributed by atoms with E-state index in [0.717, 1.165) is 60.9 Å². The van der Waals surface area contributed by atoms with Crippen molar-refractivity contribution in [1.82, 2.24) is 10.2 Å². The number of carbonyl (C=O) groups excluding carboxylic acids is 2. The standard InChI is InChI=1S/C34H41BrN2O3/c1-25(2)40-32(38)24-34(3,27-10-5-4-6-11-27)20-9-21-37-22-18-29(19-23-37)36-33(39)31-13-8-7-12-30(31)26-14-16-28(35)17-15-26/h4-8,10-17,25,29H,9,18-24H2,1-3H3,(H,36,39). The summed E-state index contributed by atoms with van der Waals surface area (Å²) in [4.78, 5) is 28.3. The van der Waals surface area contributed by atoms with E-state index in [1.807, 2.05) is 80.6 Å². The normalized spacial score (nSPS) is 15.9. The van der Waals surface area contributed by atoms with Crippen LogP contribution >= 0.6 is 15.9 Å². The number of carbonyl (C=O) groups is 2. The molecule has 1 saturated heterocycles. The number of nitrogens with zero attached hydrogens (tertiary/aromatic N) is 1. The summed E-state index contributed by atoms with van der Waals surface area (Å²) in [6, 6.07) is 26.4. The van der Waals surface area contributed by atoms with E-state index in [9.17, 15) is 9.59 Å². The molecule has 0 aliphatic carbocycles. The first-order chi connectivity index (χ1) is 19.2. The molecule has 1 N–H and O–H groups in total. The summed E-state index contributed by atoms with van der Waals surface area (Å²) in [5.74, 6) is -0.150. The number of piperidine rings is 1. The van der Waals surface area contributed by atoms with Crippen molar-refractivity contribution in [2.24, 2.45) is 0 Å². The molecular formula is C34H41BrN2O3. The predicted octanol–water partition coefficient (Wildman–Crippen LogP) is 7.39.